The molecule has 0 saturated heterocycles. The van der Waals surface area contributed by atoms with Gasteiger partial charge in [0.25, 0.3) is 0 Å². The van der Waals surface area contributed by atoms with Crippen LogP contribution in [-0.2, 0) is 0 Å². The molecule has 0 radical (unpaired) electrons. The maximum Gasteiger partial charge on any atom is 0.0597 e. The number of nitrogens with two attached hydrogens (primary N) is 1. The highest BCUT2D eigenvalue weighted by molar-refractivity contribution is 7.26. The van der Waals surface area contributed by atoms with E-state index >= 15 is 0 Å². The Morgan fingerprint density at radius 1 is 0.571 bits per heavy atom. The van der Waals surface area contributed by atoms with Crippen LogP contribution in [-0.4, -0.2) is 0 Å². The van der Waals surface area contributed by atoms with Crippen molar-refractivity contribution < 1.29 is 0 Å². The molecule has 28 heavy (non-hydrogen) atoms. The molecule has 0 bridgehead atoms. The van der Waals surface area contributed by atoms with Crippen molar-refractivity contribution in [2.24, 2.45) is 0 Å². The van der Waals surface area contributed by atoms with E-state index < -0.39 is 0 Å². The summed E-state index contributed by atoms with van der Waals surface area (Å²) in [6.45, 7) is 0. The van der Waals surface area contributed by atoms with Crippen LogP contribution >= 0.6 is 11.3 Å². The van der Waals surface area contributed by atoms with Gasteiger partial charge in [0, 0.05) is 21.0 Å². The lowest BCUT2D eigenvalue weighted by Gasteiger charge is -2.15. The summed E-state index contributed by atoms with van der Waals surface area (Å²) in [6, 6.07) is 32.3. The molecule has 0 amide bonds. The number of hydrogen-bond donors (Lipinski definition) is 1. The van der Waals surface area contributed by atoms with Gasteiger partial charge < -0.3 is 5.73 Å². The maximum absolute atomic E-state index is 6.88. The average molecular weight is 375 g/mol. The lowest BCUT2D eigenvalue weighted by Crippen LogP contribution is -1.93. The zero-order chi connectivity index (χ0) is 18.7. The molecule has 5 aromatic carbocycles. The molecular formula is C26H17NS. The number of fused-ring (bicyclic) bond motifs is 6. The number of benzene rings is 5. The lowest BCUT2D eigenvalue weighted by molar-refractivity contribution is 1.70. The summed E-state index contributed by atoms with van der Waals surface area (Å²) < 4.78 is 2.47. The van der Waals surface area contributed by atoms with Crippen molar-refractivity contribution in [3.05, 3.63) is 91.0 Å². The fourth-order valence-electron chi connectivity index (χ4n) is 4.41. The first kappa shape index (κ1) is 15.7. The monoisotopic (exact) mass is 375 g/mol. The highest BCUT2D eigenvalue weighted by Crippen LogP contribution is 2.48. The van der Waals surface area contributed by atoms with Gasteiger partial charge in [-0.15, -0.1) is 11.3 Å². The van der Waals surface area contributed by atoms with Crippen LogP contribution in [0.25, 0.3) is 52.8 Å². The molecule has 1 aromatic heterocycles. The Labute approximate surface area is 166 Å². The van der Waals surface area contributed by atoms with Crippen molar-refractivity contribution >= 4 is 58.7 Å². The predicted molar refractivity (Wildman–Crippen MR) is 124 cm³/mol. The van der Waals surface area contributed by atoms with E-state index in [0.717, 1.165) is 11.3 Å². The van der Waals surface area contributed by atoms with Crippen LogP contribution in [0.15, 0.2) is 91.0 Å². The van der Waals surface area contributed by atoms with Gasteiger partial charge in [0.1, 0.15) is 0 Å². The minimum Gasteiger partial charge on any atom is -0.397 e. The van der Waals surface area contributed by atoms with Gasteiger partial charge in [-0.25, -0.2) is 0 Å². The van der Waals surface area contributed by atoms with Gasteiger partial charge >= 0.3 is 0 Å². The molecule has 6 aromatic rings. The number of anilines is 1. The molecule has 0 aliphatic rings. The topological polar surface area (TPSA) is 26.0 Å². The Morgan fingerprint density at radius 3 is 2.07 bits per heavy atom. The van der Waals surface area contributed by atoms with Crippen LogP contribution in [0.5, 0.6) is 0 Å². The smallest absolute Gasteiger partial charge is 0.0597 e. The van der Waals surface area contributed by atoms with E-state index in [-0.39, 0.29) is 0 Å². The van der Waals surface area contributed by atoms with E-state index in [1.54, 1.807) is 11.3 Å². The molecule has 2 heteroatoms. The maximum atomic E-state index is 6.88. The largest absolute Gasteiger partial charge is 0.397 e. The van der Waals surface area contributed by atoms with E-state index in [0.29, 0.717) is 0 Å². The van der Waals surface area contributed by atoms with Crippen molar-refractivity contribution in [2.45, 2.75) is 0 Å². The summed E-state index contributed by atoms with van der Waals surface area (Å²) in [4.78, 5) is 0. The molecule has 0 atom stereocenters. The molecule has 2 N–H and O–H groups in total. The standard InChI is InChI=1S/C26H17NS/c27-25-23(18-14-7-9-16-8-1-2-10-17(16)18)19-11-3-4-12-20(19)24-21-13-5-6-15-22(21)28-26(24)25/h1-15H,27H2. The van der Waals surface area contributed by atoms with E-state index in [1.165, 1.54) is 47.3 Å². The summed E-state index contributed by atoms with van der Waals surface area (Å²) in [5, 5.41) is 7.52. The Kier molecular flexibility index (Phi) is 3.26. The average Bonchev–Trinajstić information content (AvgIpc) is 3.14. The van der Waals surface area contributed by atoms with Crippen LogP contribution in [0.3, 0.4) is 0 Å². The molecular weight excluding hydrogens is 358 g/mol. The fourth-order valence-corrected chi connectivity index (χ4v) is 5.59. The molecule has 0 aliphatic heterocycles. The second kappa shape index (κ2) is 5.82. The molecule has 6 rings (SSSR count). The first-order chi connectivity index (χ1) is 13.8. The summed E-state index contributed by atoms with van der Waals surface area (Å²) in [6.07, 6.45) is 0. The molecule has 132 valence electrons. The van der Waals surface area contributed by atoms with Gasteiger partial charge in [0.2, 0.25) is 0 Å². The van der Waals surface area contributed by atoms with Crippen molar-refractivity contribution in [1.29, 1.82) is 0 Å². The third-order valence-electron chi connectivity index (χ3n) is 5.63. The normalized spacial score (nSPS) is 11.7. The summed E-state index contributed by atoms with van der Waals surface area (Å²) >= 11 is 1.79. The van der Waals surface area contributed by atoms with E-state index in [1.807, 2.05) is 0 Å². The second-order valence-electron chi connectivity index (χ2n) is 7.16. The zero-order valence-electron chi connectivity index (χ0n) is 15.1. The van der Waals surface area contributed by atoms with Gasteiger partial charge in [-0.2, -0.15) is 0 Å². The van der Waals surface area contributed by atoms with Crippen molar-refractivity contribution in [3.63, 3.8) is 0 Å². The zero-order valence-corrected chi connectivity index (χ0v) is 16.0. The third-order valence-corrected chi connectivity index (χ3v) is 6.84. The van der Waals surface area contributed by atoms with Gasteiger partial charge in [-0.3, -0.25) is 0 Å². The lowest BCUT2D eigenvalue weighted by atomic mass is 9.90. The highest BCUT2D eigenvalue weighted by Gasteiger charge is 2.18. The summed E-state index contributed by atoms with van der Waals surface area (Å²) in [5.41, 5.74) is 10.1. The number of rotatable bonds is 1. The molecule has 1 heterocycles. The number of thiophene rings is 1. The third kappa shape index (κ3) is 2.07. The van der Waals surface area contributed by atoms with Crippen LogP contribution in [0.4, 0.5) is 5.69 Å². The minimum absolute atomic E-state index is 0.881. The Balaban J connectivity index is 1.88. The molecule has 0 unspecified atom stereocenters. The molecule has 0 spiro atoms. The van der Waals surface area contributed by atoms with Crippen LogP contribution in [0.1, 0.15) is 0 Å². The van der Waals surface area contributed by atoms with E-state index in [4.69, 9.17) is 5.73 Å². The summed E-state index contributed by atoms with van der Waals surface area (Å²) in [5.74, 6) is 0. The Bertz CT molecular complexity index is 1520. The molecule has 0 fully saturated rings. The Morgan fingerprint density at radius 2 is 1.21 bits per heavy atom. The number of hydrogen-bond acceptors (Lipinski definition) is 2. The van der Waals surface area contributed by atoms with E-state index in [9.17, 15) is 0 Å². The van der Waals surface area contributed by atoms with Crippen molar-refractivity contribution in [3.8, 4) is 11.1 Å². The van der Waals surface area contributed by atoms with Gasteiger partial charge in [-0.05, 0) is 33.2 Å². The van der Waals surface area contributed by atoms with Crippen LogP contribution < -0.4 is 5.73 Å². The first-order valence-corrected chi connectivity index (χ1v) is 10.2. The van der Waals surface area contributed by atoms with Crippen molar-refractivity contribution in [2.75, 3.05) is 5.73 Å². The second-order valence-corrected chi connectivity index (χ2v) is 8.22. The Hall–Kier alpha value is -3.36. The van der Waals surface area contributed by atoms with Gasteiger partial charge in [-0.1, -0.05) is 84.9 Å². The van der Waals surface area contributed by atoms with E-state index in [2.05, 4.69) is 91.0 Å². The molecule has 0 aliphatic carbocycles. The molecule has 0 saturated carbocycles. The van der Waals surface area contributed by atoms with Gasteiger partial charge in [0.15, 0.2) is 0 Å². The van der Waals surface area contributed by atoms with Crippen molar-refractivity contribution in [1.82, 2.24) is 0 Å². The van der Waals surface area contributed by atoms with Gasteiger partial charge in [0.05, 0.1) is 10.4 Å². The first-order valence-electron chi connectivity index (χ1n) is 9.42. The summed E-state index contributed by atoms with van der Waals surface area (Å²) in [7, 11) is 0. The SMILES string of the molecule is Nc1c(-c2cccc3ccccc23)c2ccccc2c2c1sc1ccccc12. The minimum atomic E-state index is 0.881. The molecule has 1 nitrogen and oxygen atoms in total. The predicted octanol–water partition coefficient (Wildman–Crippen LogP) is 7.61. The quantitative estimate of drug-likeness (QED) is 0.294. The number of nitrogen functional groups attached to an aromatic ring is 1. The fraction of sp³-hybridized carbons (Fsp3) is 0. The van der Waals surface area contributed by atoms with Crippen LogP contribution in [0, 0.1) is 0 Å². The van der Waals surface area contributed by atoms with Crippen LogP contribution in [0.2, 0.25) is 0 Å². The highest BCUT2D eigenvalue weighted by atomic mass is 32.1.